The van der Waals surface area contributed by atoms with Gasteiger partial charge in [0.1, 0.15) is 11.3 Å². The normalized spacial score (nSPS) is 16.2. The van der Waals surface area contributed by atoms with Gasteiger partial charge < -0.3 is 10.0 Å². The molecular weight excluding hydrogens is 338 g/mol. The van der Waals surface area contributed by atoms with Gasteiger partial charge in [-0.1, -0.05) is 6.08 Å². The van der Waals surface area contributed by atoms with Crippen molar-refractivity contribution in [3.05, 3.63) is 42.0 Å². The lowest BCUT2D eigenvalue weighted by atomic mass is 10.1. The maximum Gasteiger partial charge on any atom is 0.265 e. The average molecular weight is 359 g/mol. The van der Waals surface area contributed by atoms with E-state index in [4.69, 9.17) is 12.2 Å². The highest BCUT2D eigenvalue weighted by Gasteiger charge is 2.32. The summed E-state index contributed by atoms with van der Waals surface area (Å²) < 4.78 is 0. The average Bonchev–Trinajstić information content (AvgIpc) is 2.58. The van der Waals surface area contributed by atoms with Gasteiger partial charge >= 0.3 is 0 Å². The number of carbonyl (C=O) groups is 2. The number of amides is 2. The second-order valence-corrected chi connectivity index (χ2v) is 5.82. The van der Waals surface area contributed by atoms with Crippen molar-refractivity contribution in [1.29, 1.82) is 0 Å². The highest BCUT2D eigenvalue weighted by molar-refractivity contribution is 7.80. The van der Waals surface area contributed by atoms with Crippen molar-refractivity contribution in [2.24, 2.45) is 0 Å². The van der Waals surface area contributed by atoms with Crippen LogP contribution < -0.4 is 10.2 Å². The summed E-state index contributed by atoms with van der Waals surface area (Å²) in [6.45, 7) is 9.45. The fraction of sp³-hybridized carbons (Fsp3) is 0.278. The van der Waals surface area contributed by atoms with Crippen LogP contribution in [0.1, 0.15) is 19.4 Å². The predicted molar refractivity (Wildman–Crippen MR) is 102 cm³/mol. The van der Waals surface area contributed by atoms with Gasteiger partial charge in [0, 0.05) is 37.0 Å². The van der Waals surface area contributed by atoms with E-state index in [9.17, 15) is 14.7 Å². The van der Waals surface area contributed by atoms with E-state index in [-0.39, 0.29) is 23.0 Å². The number of benzene rings is 1. The molecule has 6 nitrogen and oxygen atoms in total. The second kappa shape index (κ2) is 7.94. The van der Waals surface area contributed by atoms with E-state index < -0.39 is 11.8 Å². The Kier molecular flexibility index (Phi) is 5.93. The van der Waals surface area contributed by atoms with Crippen molar-refractivity contribution in [3.8, 4) is 5.75 Å². The van der Waals surface area contributed by atoms with Crippen LogP contribution in [0.15, 0.2) is 36.4 Å². The molecule has 0 spiro atoms. The van der Waals surface area contributed by atoms with Crippen molar-refractivity contribution in [2.75, 3.05) is 24.5 Å². The Bertz CT molecular complexity index is 754. The van der Waals surface area contributed by atoms with Crippen molar-refractivity contribution in [1.82, 2.24) is 10.2 Å². The van der Waals surface area contributed by atoms with E-state index in [1.165, 1.54) is 17.1 Å². The molecule has 1 heterocycles. The zero-order valence-electron chi connectivity index (χ0n) is 14.3. The Morgan fingerprint density at radius 2 is 2.00 bits per heavy atom. The summed E-state index contributed by atoms with van der Waals surface area (Å²) in [4.78, 5) is 27.9. The zero-order valence-corrected chi connectivity index (χ0v) is 15.1. The van der Waals surface area contributed by atoms with Gasteiger partial charge in [0.05, 0.1) is 0 Å². The topological polar surface area (TPSA) is 72.9 Å². The Morgan fingerprint density at radius 3 is 2.56 bits per heavy atom. The van der Waals surface area contributed by atoms with E-state index in [0.29, 0.717) is 5.56 Å². The van der Waals surface area contributed by atoms with Crippen LogP contribution in [0.4, 0.5) is 5.69 Å². The summed E-state index contributed by atoms with van der Waals surface area (Å²) >= 11 is 5.01. The Balaban J connectivity index is 2.38. The number of nitrogens with zero attached hydrogens (tertiary/aromatic N) is 2. The predicted octanol–water partition coefficient (Wildman–Crippen LogP) is 2.05. The van der Waals surface area contributed by atoms with Crippen LogP contribution in [0.25, 0.3) is 6.08 Å². The Morgan fingerprint density at radius 1 is 1.32 bits per heavy atom. The number of carbonyl (C=O) groups excluding carboxylic acids is 2. The van der Waals surface area contributed by atoms with E-state index >= 15 is 0 Å². The summed E-state index contributed by atoms with van der Waals surface area (Å²) in [5.74, 6) is -1.09. The molecule has 1 aromatic rings. The molecule has 1 aliphatic rings. The zero-order chi connectivity index (χ0) is 18.6. The summed E-state index contributed by atoms with van der Waals surface area (Å²) in [6.07, 6.45) is 2.90. The lowest BCUT2D eigenvalue weighted by Gasteiger charge is -2.27. The number of thiocarbonyl (C=S) groups is 1. The molecule has 2 rings (SSSR count). The first kappa shape index (κ1) is 18.7. The molecule has 0 aliphatic carbocycles. The maximum atomic E-state index is 12.5. The SMILES string of the molecule is C=CCN1C(=O)C(=Cc2ccc(N(CC)CC)cc2O)C(=O)NC1=S. The first-order valence-corrected chi connectivity index (χ1v) is 8.41. The fourth-order valence-corrected chi connectivity index (χ4v) is 2.83. The molecule has 25 heavy (non-hydrogen) atoms. The number of rotatable bonds is 6. The monoisotopic (exact) mass is 359 g/mol. The highest BCUT2D eigenvalue weighted by Crippen LogP contribution is 2.27. The Hall–Kier alpha value is -2.67. The Labute approximate surface area is 152 Å². The third kappa shape index (κ3) is 3.88. The molecule has 0 saturated carbocycles. The lowest BCUT2D eigenvalue weighted by molar-refractivity contribution is -0.128. The summed E-state index contributed by atoms with van der Waals surface area (Å²) in [5, 5.41) is 12.8. The van der Waals surface area contributed by atoms with Crippen LogP contribution in [-0.4, -0.2) is 46.6 Å². The minimum absolute atomic E-state index is 0.000852. The van der Waals surface area contributed by atoms with Gasteiger partial charge in [-0.2, -0.15) is 0 Å². The van der Waals surface area contributed by atoms with Crippen LogP contribution in [0.5, 0.6) is 5.75 Å². The number of hydrogen-bond donors (Lipinski definition) is 2. The number of nitrogens with one attached hydrogen (secondary N) is 1. The van der Waals surface area contributed by atoms with Gasteiger partial charge in [0.25, 0.3) is 11.8 Å². The van der Waals surface area contributed by atoms with Crippen LogP contribution in [0, 0.1) is 0 Å². The van der Waals surface area contributed by atoms with Gasteiger partial charge in [0.2, 0.25) is 0 Å². The third-order valence-corrected chi connectivity index (χ3v) is 4.26. The fourth-order valence-electron chi connectivity index (χ4n) is 2.58. The minimum atomic E-state index is -0.581. The molecular formula is C18H21N3O3S. The molecule has 0 aromatic heterocycles. The first-order valence-electron chi connectivity index (χ1n) is 8.00. The molecule has 2 amide bonds. The molecule has 1 aromatic carbocycles. The van der Waals surface area contributed by atoms with Crippen molar-refractivity contribution >= 4 is 40.9 Å². The number of phenols is 1. The van der Waals surface area contributed by atoms with Crippen LogP contribution >= 0.6 is 12.2 Å². The van der Waals surface area contributed by atoms with Gasteiger partial charge in [0.15, 0.2) is 5.11 Å². The largest absolute Gasteiger partial charge is 0.507 e. The van der Waals surface area contributed by atoms with Crippen LogP contribution in [0.2, 0.25) is 0 Å². The van der Waals surface area contributed by atoms with Crippen molar-refractivity contribution in [2.45, 2.75) is 13.8 Å². The minimum Gasteiger partial charge on any atom is -0.507 e. The maximum absolute atomic E-state index is 12.5. The van der Waals surface area contributed by atoms with E-state index in [1.54, 1.807) is 12.1 Å². The molecule has 0 bridgehead atoms. The number of hydrogen-bond acceptors (Lipinski definition) is 5. The molecule has 1 saturated heterocycles. The number of aromatic hydroxyl groups is 1. The smallest absolute Gasteiger partial charge is 0.265 e. The van der Waals surface area contributed by atoms with E-state index in [2.05, 4.69) is 16.8 Å². The number of phenolic OH excluding ortho intramolecular Hbond substituents is 1. The van der Waals surface area contributed by atoms with Gasteiger partial charge in [-0.3, -0.25) is 19.8 Å². The molecule has 0 unspecified atom stereocenters. The second-order valence-electron chi connectivity index (χ2n) is 5.44. The molecule has 132 valence electrons. The molecule has 1 aliphatic heterocycles. The van der Waals surface area contributed by atoms with Crippen LogP contribution in [-0.2, 0) is 9.59 Å². The van der Waals surface area contributed by atoms with Crippen LogP contribution in [0.3, 0.4) is 0 Å². The molecule has 2 N–H and O–H groups in total. The third-order valence-electron chi connectivity index (χ3n) is 3.94. The highest BCUT2D eigenvalue weighted by atomic mass is 32.1. The summed E-state index contributed by atoms with van der Waals surface area (Å²) in [5.41, 5.74) is 1.18. The van der Waals surface area contributed by atoms with Crippen molar-refractivity contribution < 1.29 is 14.7 Å². The standard InChI is InChI=1S/C18H21N3O3S/c1-4-9-21-17(24)14(16(23)19-18(21)25)10-12-7-8-13(11-15(12)22)20(5-2)6-3/h4,7-8,10-11,22H,1,5-6,9H2,2-3H3,(H,19,23,25). The summed E-state index contributed by atoms with van der Waals surface area (Å²) in [7, 11) is 0. The number of anilines is 1. The van der Waals surface area contributed by atoms with Gasteiger partial charge in [-0.25, -0.2) is 0 Å². The lowest BCUT2D eigenvalue weighted by Crippen LogP contribution is -2.53. The van der Waals surface area contributed by atoms with Gasteiger partial charge in [-0.15, -0.1) is 6.58 Å². The van der Waals surface area contributed by atoms with E-state index in [0.717, 1.165) is 18.8 Å². The molecule has 1 fully saturated rings. The quantitative estimate of drug-likeness (QED) is 0.352. The molecule has 0 atom stereocenters. The van der Waals surface area contributed by atoms with Crippen molar-refractivity contribution in [3.63, 3.8) is 0 Å². The molecule has 7 heteroatoms. The van der Waals surface area contributed by atoms with E-state index in [1.807, 2.05) is 19.9 Å². The summed E-state index contributed by atoms with van der Waals surface area (Å²) in [6, 6.07) is 5.15. The molecule has 0 radical (unpaired) electrons. The van der Waals surface area contributed by atoms with Gasteiger partial charge in [-0.05, 0) is 44.3 Å². The first-order chi connectivity index (χ1) is 11.9.